The molecule has 1 fully saturated rings. The lowest BCUT2D eigenvalue weighted by Crippen LogP contribution is -2.55. The largest absolute Gasteiger partial charge is 0.458 e. The molecule has 5 rings (SSSR count). The van der Waals surface area contributed by atoms with Crippen LogP contribution in [0.5, 0.6) is 0 Å². The number of carbonyl (C=O) groups excluding carboxylic acids is 1. The second kappa shape index (κ2) is 8.39. The number of amides is 1. The summed E-state index contributed by atoms with van der Waals surface area (Å²) < 4.78 is 5.90. The van der Waals surface area contributed by atoms with E-state index in [0.717, 1.165) is 53.6 Å². The van der Waals surface area contributed by atoms with Gasteiger partial charge in [-0.15, -0.1) is 0 Å². The summed E-state index contributed by atoms with van der Waals surface area (Å²) in [5.41, 5.74) is 3.18. The van der Waals surface area contributed by atoms with Crippen LogP contribution in [0.15, 0.2) is 53.1 Å². The van der Waals surface area contributed by atoms with Crippen LogP contribution in [0.2, 0.25) is 0 Å². The molecule has 0 unspecified atom stereocenters. The molecule has 32 heavy (non-hydrogen) atoms. The number of para-hydroxylation sites is 2. The van der Waals surface area contributed by atoms with E-state index in [-0.39, 0.29) is 11.4 Å². The van der Waals surface area contributed by atoms with Crippen LogP contribution in [-0.4, -0.2) is 43.9 Å². The van der Waals surface area contributed by atoms with Crippen molar-refractivity contribution in [2.24, 2.45) is 0 Å². The number of rotatable bonds is 6. The Bertz CT molecular complexity index is 1180. The summed E-state index contributed by atoms with van der Waals surface area (Å²) in [6, 6.07) is 13.9. The number of nitrogens with one attached hydrogen (secondary N) is 2. The minimum Gasteiger partial charge on any atom is -0.458 e. The van der Waals surface area contributed by atoms with Gasteiger partial charge in [-0.05, 0) is 63.8 Å². The highest BCUT2D eigenvalue weighted by molar-refractivity contribution is 5.94. The third kappa shape index (κ3) is 3.88. The lowest BCUT2D eigenvalue weighted by atomic mass is 9.79. The molecule has 0 spiro atoms. The van der Waals surface area contributed by atoms with Gasteiger partial charge >= 0.3 is 0 Å². The van der Waals surface area contributed by atoms with E-state index in [1.165, 1.54) is 0 Å². The Labute approximate surface area is 187 Å². The summed E-state index contributed by atoms with van der Waals surface area (Å²) in [4.78, 5) is 27.5. The molecule has 0 aliphatic heterocycles. The number of H-pyrrole nitrogens is 1. The molecular formula is C25H29N5O2. The number of imidazole rings is 1. The zero-order valence-corrected chi connectivity index (χ0v) is 18.6. The van der Waals surface area contributed by atoms with Gasteiger partial charge in [0, 0.05) is 30.4 Å². The van der Waals surface area contributed by atoms with Gasteiger partial charge in [0.15, 0.2) is 11.4 Å². The highest BCUT2D eigenvalue weighted by Crippen LogP contribution is 2.34. The Balaban J connectivity index is 1.29. The Morgan fingerprint density at radius 3 is 2.97 bits per heavy atom. The summed E-state index contributed by atoms with van der Waals surface area (Å²) in [7, 11) is 0. The van der Waals surface area contributed by atoms with Gasteiger partial charge in [-0.1, -0.05) is 12.1 Å². The number of furan rings is 1. The van der Waals surface area contributed by atoms with Crippen LogP contribution in [0, 0.1) is 0 Å². The number of benzene rings is 1. The van der Waals surface area contributed by atoms with Gasteiger partial charge in [0.2, 0.25) is 0 Å². The van der Waals surface area contributed by atoms with Crippen molar-refractivity contribution in [3.05, 3.63) is 60.2 Å². The number of nitrogens with zero attached hydrogens (tertiary/aromatic N) is 3. The first-order chi connectivity index (χ1) is 15.6. The van der Waals surface area contributed by atoms with Crippen molar-refractivity contribution in [3.8, 4) is 0 Å². The van der Waals surface area contributed by atoms with E-state index in [0.29, 0.717) is 25.0 Å². The molecule has 7 heteroatoms. The minimum absolute atomic E-state index is 0.0322. The van der Waals surface area contributed by atoms with Crippen molar-refractivity contribution in [1.82, 2.24) is 25.2 Å². The maximum absolute atomic E-state index is 13.4. The van der Waals surface area contributed by atoms with E-state index in [1.54, 1.807) is 6.20 Å². The fraction of sp³-hybridized carbons (Fsp3) is 0.400. The number of hydrogen-bond donors (Lipinski definition) is 2. The Hall–Kier alpha value is -3.19. The highest BCUT2D eigenvalue weighted by atomic mass is 16.3. The maximum atomic E-state index is 13.4. The Morgan fingerprint density at radius 1 is 1.28 bits per heavy atom. The first-order valence-electron chi connectivity index (χ1n) is 11.4. The quantitative estimate of drug-likeness (QED) is 0.464. The molecule has 1 aliphatic carbocycles. The van der Waals surface area contributed by atoms with Gasteiger partial charge in [0.25, 0.3) is 5.91 Å². The van der Waals surface area contributed by atoms with Crippen LogP contribution in [0.3, 0.4) is 0 Å². The van der Waals surface area contributed by atoms with E-state index >= 15 is 0 Å². The van der Waals surface area contributed by atoms with E-state index in [2.05, 4.69) is 27.2 Å². The number of pyridine rings is 1. The van der Waals surface area contributed by atoms with Crippen LogP contribution in [0.1, 0.15) is 55.9 Å². The van der Waals surface area contributed by atoms with Crippen molar-refractivity contribution in [3.63, 3.8) is 0 Å². The van der Waals surface area contributed by atoms with Crippen LogP contribution in [0.25, 0.3) is 22.1 Å². The predicted molar refractivity (Wildman–Crippen MR) is 124 cm³/mol. The summed E-state index contributed by atoms with van der Waals surface area (Å²) >= 11 is 0. The maximum Gasteiger partial charge on any atom is 0.290 e. The van der Waals surface area contributed by atoms with E-state index in [1.807, 2.05) is 54.3 Å². The average molecular weight is 432 g/mol. The monoisotopic (exact) mass is 431 g/mol. The number of carbonyl (C=O) groups is 1. The van der Waals surface area contributed by atoms with E-state index in [4.69, 9.17) is 4.42 Å². The zero-order chi connectivity index (χ0) is 22.1. The van der Waals surface area contributed by atoms with E-state index in [9.17, 15) is 4.79 Å². The second-order valence-electron chi connectivity index (χ2n) is 8.92. The molecule has 1 saturated carbocycles. The van der Waals surface area contributed by atoms with Crippen LogP contribution >= 0.6 is 0 Å². The van der Waals surface area contributed by atoms with Gasteiger partial charge in [-0.2, -0.15) is 0 Å². The zero-order valence-electron chi connectivity index (χ0n) is 18.6. The standard InChI is InChI=1S/C25H29N5O2/c1-3-30(24(31)23-28-19-9-4-5-10-20(19)29-23)25(2)12-6-8-17(15-25)27-16-18-14-21-22(32-18)11-7-13-26-21/h4-5,7,9-11,13-14,17,27H,3,6,8,12,15-16H2,1-2H3,(H,28,29)/t17-,25+/m1/s1. The summed E-state index contributed by atoms with van der Waals surface area (Å²) in [5, 5.41) is 3.65. The van der Waals surface area contributed by atoms with Gasteiger partial charge in [0.1, 0.15) is 11.3 Å². The SMILES string of the molecule is CCN(C(=O)c1nc2ccccc2[nH]1)[C@@]1(C)CCC[C@@H](NCc2cc3ncccc3o2)C1. The third-order valence-electron chi connectivity index (χ3n) is 6.66. The fourth-order valence-electron chi connectivity index (χ4n) is 5.09. The number of hydrogen-bond acceptors (Lipinski definition) is 5. The molecule has 4 aromatic rings. The Kier molecular flexibility index (Phi) is 5.43. The molecule has 1 aromatic carbocycles. The molecule has 2 atom stereocenters. The first-order valence-corrected chi connectivity index (χ1v) is 11.4. The predicted octanol–water partition coefficient (Wildman–Crippen LogP) is 4.66. The van der Waals surface area contributed by atoms with Gasteiger partial charge in [-0.25, -0.2) is 4.98 Å². The molecule has 1 aliphatic rings. The van der Waals surface area contributed by atoms with Crippen molar-refractivity contribution in [2.45, 2.75) is 57.7 Å². The molecule has 3 heterocycles. The van der Waals surface area contributed by atoms with E-state index < -0.39 is 0 Å². The molecular weight excluding hydrogens is 402 g/mol. The fourth-order valence-corrected chi connectivity index (χ4v) is 5.09. The first kappa shape index (κ1) is 20.7. The summed E-state index contributed by atoms with van der Waals surface area (Å²) in [6.45, 7) is 5.55. The van der Waals surface area contributed by atoms with Crippen molar-refractivity contribution < 1.29 is 9.21 Å². The molecule has 2 N–H and O–H groups in total. The molecule has 7 nitrogen and oxygen atoms in total. The van der Waals surface area contributed by atoms with Crippen molar-refractivity contribution >= 4 is 28.0 Å². The number of fused-ring (bicyclic) bond motifs is 2. The van der Waals surface area contributed by atoms with Gasteiger partial charge < -0.3 is 19.6 Å². The Morgan fingerprint density at radius 2 is 2.16 bits per heavy atom. The lowest BCUT2D eigenvalue weighted by Gasteiger charge is -2.46. The topological polar surface area (TPSA) is 87.0 Å². The van der Waals surface area contributed by atoms with Crippen LogP contribution in [0.4, 0.5) is 0 Å². The number of aromatic amines is 1. The lowest BCUT2D eigenvalue weighted by molar-refractivity contribution is 0.0358. The molecule has 0 bridgehead atoms. The molecule has 1 amide bonds. The molecule has 0 radical (unpaired) electrons. The van der Waals surface area contributed by atoms with Gasteiger partial charge in [-0.3, -0.25) is 9.78 Å². The second-order valence-corrected chi connectivity index (χ2v) is 8.92. The molecule has 0 saturated heterocycles. The number of aromatic nitrogens is 3. The summed E-state index contributed by atoms with van der Waals surface area (Å²) in [6.07, 6.45) is 5.81. The van der Waals surface area contributed by atoms with Crippen LogP contribution < -0.4 is 5.32 Å². The molecule has 166 valence electrons. The minimum atomic E-state index is -0.226. The normalized spacial score (nSPS) is 21.2. The van der Waals surface area contributed by atoms with Crippen molar-refractivity contribution in [1.29, 1.82) is 0 Å². The molecule has 3 aromatic heterocycles. The average Bonchev–Trinajstić information content (AvgIpc) is 3.42. The third-order valence-corrected chi connectivity index (χ3v) is 6.66. The van der Waals surface area contributed by atoms with Gasteiger partial charge in [0.05, 0.1) is 17.6 Å². The van der Waals surface area contributed by atoms with Crippen molar-refractivity contribution in [2.75, 3.05) is 6.54 Å². The smallest absolute Gasteiger partial charge is 0.290 e. The highest BCUT2D eigenvalue weighted by Gasteiger charge is 2.40. The summed E-state index contributed by atoms with van der Waals surface area (Å²) in [5.74, 6) is 1.27. The van der Waals surface area contributed by atoms with Crippen LogP contribution in [-0.2, 0) is 6.54 Å².